The van der Waals surface area contributed by atoms with Gasteiger partial charge in [-0.25, -0.2) is 0 Å². The second kappa shape index (κ2) is 5.44. The standard InChI is InChI=1S/C14H12N4OS/c1-20(19)14-15-8-7-12(17-14)11-9-16-18-13(11)10-5-3-2-4-6-10/h2-9H,1H3,(H,16,18). The normalized spacial score (nSPS) is 12.3. The molecule has 0 saturated carbocycles. The Morgan fingerprint density at radius 2 is 1.95 bits per heavy atom. The SMILES string of the molecule is C[S+]([O-])c1nccc(-c2cn[nH]c2-c2ccccc2)n1. The van der Waals surface area contributed by atoms with Gasteiger partial charge in [0.1, 0.15) is 6.26 Å². The molecule has 3 aromatic rings. The molecule has 1 aromatic carbocycles. The van der Waals surface area contributed by atoms with Gasteiger partial charge in [0, 0.05) is 28.5 Å². The van der Waals surface area contributed by atoms with Crippen molar-refractivity contribution in [3.8, 4) is 22.5 Å². The van der Waals surface area contributed by atoms with Gasteiger partial charge in [-0.1, -0.05) is 30.3 Å². The van der Waals surface area contributed by atoms with Gasteiger partial charge in [0.2, 0.25) is 0 Å². The zero-order valence-electron chi connectivity index (χ0n) is 10.8. The van der Waals surface area contributed by atoms with E-state index in [1.165, 1.54) is 0 Å². The van der Waals surface area contributed by atoms with Crippen molar-refractivity contribution in [1.29, 1.82) is 0 Å². The molecule has 1 N–H and O–H groups in total. The summed E-state index contributed by atoms with van der Waals surface area (Å²) in [5.41, 5.74) is 3.48. The second-order valence-electron chi connectivity index (χ2n) is 4.20. The molecule has 0 saturated heterocycles. The summed E-state index contributed by atoms with van der Waals surface area (Å²) in [4.78, 5) is 8.34. The summed E-state index contributed by atoms with van der Waals surface area (Å²) in [6.07, 6.45) is 4.89. The molecule has 5 nitrogen and oxygen atoms in total. The molecule has 0 aliphatic rings. The summed E-state index contributed by atoms with van der Waals surface area (Å²) in [6.45, 7) is 0. The maximum atomic E-state index is 11.5. The van der Waals surface area contributed by atoms with Gasteiger partial charge in [0.25, 0.3) is 0 Å². The maximum Gasteiger partial charge on any atom is 0.342 e. The smallest absolute Gasteiger partial charge is 0.342 e. The van der Waals surface area contributed by atoms with Gasteiger partial charge in [0.15, 0.2) is 0 Å². The minimum absolute atomic E-state index is 0.322. The Labute approximate surface area is 119 Å². The molecule has 0 fully saturated rings. The molecule has 0 spiro atoms. The summed E-state index contributed by atoms with van der Waals surface area (Å²) in [7, 11) is 0. The molecule has 20 heavy (non-hydrogen) atoms. The van der Waals surface area contributed by atoms with E-state index in [2.05, 4.69) is 20.2 Å². The third-order valence-corrected chi connectivity index (χ3v) is 3.58. The first-order valence-electron chi connectivity index (χ1n) is 6.01. The van der Waals surface area contributed by atoms with E-state index >= 15 is 0 Å². The lowest BCUT2D eigenvalue weighted by molar-refractivity contribution is 0.592. The van der Waals surface area contributed by atoms with Crippen LogP contribution in [0.3, 0.4) is 0 Å². The minimum atomic E-state index is -1.20. The molecule has 0 radical (unpaired) electrons. The molecule has 100 valence electrons. The molecule has 2 aromatic heterocycles. The topological polar surface area (TPSA) is 77.5 Å². The predicted octanol–water partition coefficient (Wildman–Crippen LogP) is 2.27. The van der Waals surface area contributed by atoms with Crippen LogP contribution in [0.1, 0.15) is 0 Å². The number of hydrogen-bond donors (Lipinski definition) is 1. The first-order valence-corrected chi connectivity index (χ1v) is 7.57. The zero-order valence-corrected chi connectivity index (χ0v) is 11.6. The van der Waals surface area contributed by atoms with Crippen molar-refractivity contribution in [3.63, 3.8) is 0 Å². The van der Waals surface area contributed by atoms with Gasteiger partial charge in [-0.2, -0.15) is 15.1 Å². The first-order chi connectivity index (χ1) is 9.75. The Morgan fingerprint density at radius 3 is 2.70 bits per heavy atom. The van der Waals surface area contributed by atoms with Crippen molar-refractivity contribution in [2.75, 3.05) is 6.26 Å². The Bertz CT molecular complexity index is 712. The van der Waals surface area contributed by atoms with Crippen molar-refractivity contribution in [3.05, 3.63) is 48.8 Å². The highest BCUT2D eigenvalue weighted by molar-refractivity contribution is 7.90. The number of nitrogens with one attached hydrogen (secondary N) is 1. The van der Waals surface area contributed by atoms with Crippen LogP contribution in [0.5, 0.6) is 0 Å². The summed E-state index contributed by atoms with van der Waals surface area (Å²) >= 11 is -1.20. The van der Waals surface area contributed by atoms with Crippen LogP contribution < -0.4 is 0 Å². The van der Waals surface area contributed by atoms with Gasteiger partial charge in [-0.3, -0.25) is 5.10 Å². The van der Waals surface area contributed by atoms with Gasteiger partial charge in [-0.05, 0) is 6.07 Å². The Kier molecular flexibility index (Phi) is 3.49. The fraction of sp³-hybridized carbons (Fsp3) is 0.0714. The highest BCUT2D eigenvalue weighted by atomic mass is 32.2. The average Bonchev–Trinajstić information content (AvgIpc) is 2.98. The van der Waals surface area contributed by atoms with Gasteiger partial charge in [0.05, 0.1) is 17.6 Å². The number of benzene rings is 1. The highest BCUT2D eigenvalue weighted by Crippen LogP contribution is 2.28. The highest BCUT2D eigenvalue weighted by Gasteiger charge is 2.14. The summed E-state index contributed by atoms with van der Waals surface area (Å²) in [5, 5.41) is 7.39. The van der Waals surface area contributed by atoms with Crippen LogP contribution >= 0.6 is 0 Å². The number of rotatable bonds is 3. The van der Waals surface area contributed by atoms with E-state index in [1.54, 1.807) is 24.7 Å². The molecular formula is C14H12N4OS. The summed E-state index contributed by atoms with van der Waals surface area (Å²) in [6, 6.07) is 11.7. The molecule has 0 amide bonds. The van der Waals surface area contributed by atoms with Crippen LogP contribution in [0.25, 0.3) is 22.5 Å². The van der Waals surface area contributed by atoms with Gasteiger partial charge >= 0.3 is 5.16 Å². The van der Waals surface area contributed by atoms with E-state index in [4.69, 9.17) is 0 Å². The van der Waals surface area contributed by atoms with Gasteiger partial charge < -0.3 is 4.55 Å². The number of hydrogen-bond acceptors (Lipinski definition) is 4. The van der Waals surface area contributed by atoms with Crippen molar-refractivity contribution < 1.29 is 4.55 Å². The Hall–Kier alpha value is -2.18. The van der Waals surface area contributed by atoms with E-state index in [9.17, 15) is 4.55 Å². The lowest BCUT2D eigenvalue weighted by Gasteiger charge is -2.05. The zero-order chi connectivity index (χ0) is 13.9. The Balaban J connectivity index is 2.08. The fourth-order valence-electron chi connectivity index (χ4n) is 1.93. The lowest BCUT2D eigenvalue weighted by atomic mass is 10.1. The average molecular weight is 284 g/mol. The molecule has 1 atom stereocenters. The predicted molar refractivity (Wildman–Crippen MR) is 77.4 cm³/mol. The van der Waals surface area contributed by atoms with E-state index < -0.39 is 11.2 Å². The molecule has 0 aliphatic carbocycles. The van der Waals surface area contributed by atoms with E-state index in [-0.39, 0.29) is 0 Å². The molecule has 3 rings (SSSR count). The summed E-state index contributed by atoms with van der Waals surface area (Å²) in [5.74, 6) is 0. The van der Waals surface area contributed by atoms with Crippen LogP contribution in [0.15, 0.2) is 53.9 Å². The van der Waals surface area contributed by atoms with E-state index in [0.717, 1.165) is 16.8 Å². The third kappa shape index (κ3) is 2.43. The van der Waals surface area contributed by atoms with Gasteiger partial charge in [-0.15, -0.1) is 0 Å². The van der Waals surface area contributed by atoms with Crippen LogP contribution in [-0.4, -0.2) is 31.0 Å². The molecule has 2 heterocycles. The van der Waals surface area contributed by atoms with Crippen molar-refractivity contribution in [2.24, 2.45) is 0 Å². The number of H-pyrrole nitrogens is 1. The monoisotopic (exact) mass is 284 g/mol. The summed E-state index contributed by atoms with van der Waals surface area (Å²) < 4.78 is 11.5. The Morgan fingerprint density at radius 1 is 1.15 bits per heavy atom. The lowest BCUT2D eigenvalue weighted by Crippen LogP contribution is -2.04. The number of nitrogens with zero attached hydrogens (tertiary/aromatic N) is 3. The minimum Gasteiger partial charge on any atom is -0.609 e. The van der Waals surface area contributed by atoms with Crippen molar-refractivity contribution in [2.45, 2.75) is 5.16 Å². The largest absolute Gasteiger partial charge is 0.609 e. The van der Waals surface area contributed by atoms with E-state index in [0.29, 0.717) is 10.9 Å². The molecule has 6 heteroatoms. The molecular weight excluding hydrogens is 272 g/mol. The third-order valence-electron chi connectivity index (χ3n) is 2.87. The molecule has 1 unspecified atom stereocenters. The molecule has 0 bridgehead atoms. The van der Waals surface area contributed by atoms with Crippen molar-refractivity contribution >= 4 is 11.2 Å². The van der Waals surface area contributed by atoms with E-state index in [1.807, 2.05) is 30.3 Å². The molecule has 0 aliphatic heterocycles. The van der Waals surface area contributed by atoms with Crippen LogP contribution in [0.4, 0.5) is 0 Å². The second-order valence-corrected chi connectivity index (χ2v) is 5.48. The van der Waals surface area contributed by atoms with Crippen LogP contribution in [-0.2, 0) is 11.2 Å². The number of aromatic amines is 1. The fourth-order valence-corrected chi connectivity index (χ4v) is 2.37. The quantitative estimate of drug-likeness (QED) is 0.591. The van der Waals surface area contributed by atoms with Crippen LogP contribution in [0.2, 0.25) is 0 Å². The van der Waals surface area contributed by atoms with Crippen molar-refractivity contribution in [1.82, 2.24) is 20.2 Å². The number of aromatic nitrogens is 4. The van der Waals surface area contributed by atoms with Crippen LogP contribution in [0, 0.1) is 0 Å². The first kappa shape index (κ1) is 12.8. The maximum absolute atomic E-state index is 11.5.